The van der Waals surface area contributed by atoms with Crippen molar-refractivity contribution in [2.45, 2.75) is 17.7 Å². The molecular weight excluding hydrogens is 364 g/mol. The first-order chi connectivity index (χ1) is 12.0. The zero-order valence-corrected chi connectivity index (χ0v) is 15.1. The summed E-state index contributed by atoms with van der Waals surface area (Å²) in [4.78, 5) is 0.103. The molecule has 0 bridgehead atoms. The number of pyridine rings is 1. The van der Waals surface area contributed by atoms with Crippen LogP contribution >= 0.6 is 11.6 Å². The van der Waals surface area contributed by atoms with E-state index in [1.807, 2.05) is 28.8 Å². The molecule has 2 aromatic heterocycles. The molecule has 7 nitrogen and oxygen atoms in total. The van der Waals surface area contributed by atoms with Gasteiger partial charge in [0, 0.05) is 19.2 Å². The fraction of sp³-hybridized carbons (Fsp3) is 0.250. The summed E-state index contributed by atoms with van der Waals surface area (Å²) in [7, 11) is -2.15. The van der Waals surface area contributed by atoms with Gasteiger partial charge in [0.15, 0.2) is 5.65 Å². The van der Waals surface area contributed by atoms with Crippen LogP contribution in [-0.2, 0) is 16.4 Å². The van der Waals surface area contributed by atoms with Crippen molar-refractivity contribution in [2.75, 3.05) is 13.7 Å². The third-order valence-electron chi connectivity index (χ3n) is 3.69. The summed E-state index contributed by atoms with van der Waals surface area (Å²) in [6.07, 6.45) is 3.09. The van der Waals surface area contributed by atoms with Crippen molar-refractivity contribution in [3.05, 3.63) is 53.4 Å². The molecule has 0 amide bonds. The van der Waals surface area contributed by atoms with Crippen molar-refractivity contribution in [2.24, 2.45) is 0 Å². The van der Waals surface area contributed by atoms with E-state index in [0.717, 1.165) is 11.5 Å². The second-order valence-corrected chi connectivity index (χ2v) is 7.52. The molecule has 25 heavy (non-hydrogen) atoms. The van der Waals surface area contributed by atoms with E-state index in [9.17, 15) is 8.42 Å². The Hall–Kier alpha value is -2.16. The first-order valence-corrected chi connectivity index (χ1v) is 9.49. The Morgan fingerprint density at radius 1 is 1.24 bits per heavy atom. The number of nitrogens with zero attached hydrogens (tertiary/aromatic N) is 3. The van der Waals surface area contributed by atoms with Gasteiger partial charge in [-0.3, -0.25) is 4.40 Å². The number of hydrogen-bond acceptors (Lipinski definition) is 5. The van der Waals surface area contributed by atoms with Gasteiger partial charge in [0.05, 0.1) is 17.0 Å². The van der Waals surface area contributed by atoms with Crippen LogP contribution in [0.2, 0.25) is 5.02 Å². The molecule has 0 spiro atoms. The monoisotopic (exact) mass is 380 g/mol. The van der Waals surface area contributed by atoms with Crippen molar-refractivity contribution in [3.63, 3.8) is 0 Å². The fourth-order valence-electron chi connectivity index (χ4n) is 2.41. The predicted molar refractivity (Wildman–Crippen MR) is 94.5 cm³/mol. The average Bonchev–Trinajstić information content (AvgIpc) is 3.02. The Labute approximate surface area is 150 Å². The molecule has 0 saturated heterocycles. The maximum Gasteiger partial charge on any atom is 0.240 e. The van der Waals surface area contributed by atoms with Gasteiger partial charge in [-0.05, 0) is 36.8 Å². The van der Waals surface area contributed by atoms with Crippen LogP contribution in [0.5, 0.6) is 5.75 Å². The second kappa shape index (κ2) is 7.38. The molecule has 1 aromatic carbocycles. The van der Waals surface area contributed by atoms with Gasteiger partial charge in [0.1, 0.15) is 11.6 Å². The number of hydrogen-bond donors (Lipinski definition) is 1. The molecule has 0 unspecified atom stereocenters. The molecule has 0 aliphatic carbocycles. The Balaban J connectivity index is 1.60. The SMILES string of the molecule is COc1ccc(S(=O)(=O)NCCCc2nnc3ccccn23)cc1Cl. The number of benzene rings is 1. The van der Waals surface area contributed by atoms with Crippen LogP contribution < -0.4 is 9.46 Å². The Morgan fingerprint density at radius 2 is 2.08 bits per heavy atom. The van der Waals surface area contributed by atoms with Crippen LogP contribution in [0.3, 0.4) is 0 Å². The predicted octanol–water partition coefficient (Wildman–Crippen LogP) is 2.30. The second-order valence-electron chi connectivity index (χ2n) is 5.34. The standard InChI is InChI=1S/C16H17ClN4O3S/c1-24-14-8-7-12(11-13(14)17)25(22,23)18-9-4-6-16-20-19-15-5-2-3-10-21(15)16/h2-3,5,7-8,10-11,18H,4,6,9H2,1H3. The number of methoxy groups -OCH3 is 1. The van der Waals surface area contributed by atoms with Gasteiger partial charge < -0.3 is 4.74 Å². The summed E-state index contributed by atoms with van der Waals surface area (Å²) in [6, 6.07) is 10.0. The maximum absolute atomic E-state index is 12.3. The molecule has 0 radical (unpaired) electrons. The number of rotatable bonds is 7. The topological polar surface area (TPSA) is 85.6 Å². The van der Waals surface area contributed by atoms with Gasteiger partial charge in [-0.1, -0.05) is 17.7 Å². The highest BCUT2D eigenvalue weighted by Crippen LogP contribution is 2.26. The average molecular weight is 381 g/mol. The molecule has 0 aliphatic heterocycles. The molecule has 3 aromatic rings. The molecule has 0 saturated carbocycles. The number of halogens is 1. The summed E-state index contributed by atoms with van der Waals surface area (Å²) in [5.74, 6) is 1.22. The highest BCUT2D eigenvalue weighted by molar-refractivity contribution is 7.89. The Kier molecular flexibility index (Phi) is 5.22. The minimum absolute atomic E-state index is 0.103. The number of ether oxygens (including phenoxy) is 1. The minimum Gasteiger partial charge on any atom is -0.495 e. The number of sulfonamides is 1. The number of fused-ring (bicyclic) bond motifs is 1. The van der Waals surface area contributed by atoms with Gasteiger partial charge in [-0.15, -0.1) is 10.2 Å². The van der Waals surface area contributed by atoms with E-state index < -0.39 is 10.0 Å². The third kappa shape index (κ3) is 3.92. The molecule has 9 heteroatoms. The van der Waals surface area contributed by atoms with E-state index in [0.29, 0.717) is 18.6 Å². The van der Waals surface area contributed by atoms with Gasteiger partial charge in [-0.2, -0.15) is 0 Å². The largest absolute Gasteiger partial charge is 0.495 e. The van der Waals surface area contributed by atoms with Gasteiger partial charge in [0.2, 0.25) is 10.0 Å². The van der Waals surface area contributed by atoms with Crippen LogP contribution in [0, 0.1) is 0 Å². The lowest BCUT2D eigenvalue weighted by molar-refractivity contribution is 0.414. The van der Waals surface area contributed by atoms with Gasteiger partial charge >= 0.3 is 0 Å². The molecule has 2 heterocycles. The summed E-state index contributed by atoms with van der Waals surface area (Å²) in [5, 5.41) is 8.44. The third-order valence-corrected chi connectivity index (χ3v) is 5.44. The van der Waals surface area contributed by atoms with Crippen molar-refractivity contribution in [3.8, 4) is 5.75 Å². The minimum atomic E-state index is -3.62. The van der Waals surface area contributed by atoms with Crippen LogP contribution in [0.4, 0.5) is 0 Å². The molecule has 3 rings (SSSR count). The fourth-order valence-corrected chi connectivity index (χ4v) is 3.83. The molecular formula is C16H17ClN4O3S. The highest BCUT2D eigenvalue weighted by atomic mass is 35.5. The molecule has 0 aliphatic rings. The number of nitrogens with one attached hydrogen (secondary N) is 1. The number of aromatic nitrogens is 3. The molecule has 0 fully saturated rings. The zero-order chi connectivity index (χ0) is 17.9. The van der Waals surface area contributed by atoms with Crippen molar-refractivity contribution >= 4 is 27.3 Å². The lowest BCUT2D eigenvalue weighted by Gasteiger charge is -2.08. The van der Waals surface area contributed by atoms with Crippen molar-refractivity contribution in [1.29, 1.82) is 0 Å². The maximum atomic E-state index is 12.3. The van der Waals surface area contributed by atoms with Crippen LogP contribution in [0.1, 0.15) is 12.2 Å². The first kappa shape index (κ1) is 17.7. The van der Waals surface area contributed by atoms with Crippen molar-refractivity contribution < 1.29 is 13.2 Å². The Bertz CT molecular complexity index is 988. The summed E-state index contributed by atoms with van der Waals surface area (Å²) >= 11 is 5.98. The van der Waals surface area contributed by atoms with Gasteiger partial charge in [-0.25, -0.2) is 13.1 Å². The lowest BCUT2D eigenvalue weighted by atomic mass is 10.3. The molecule has 132 valence electrons. The summed E-state index contributed by atoms with van der Waals surface area (Å²) in [5.41, 5.74) is 0.769. The van der Waals surface area contributed by atoms with Crippen LogP contribution in [0.25, 0.3) is 5.65 Å². The number of aryl methyl sites for hydroxylation is 1. The first-order valence-electron chi connectivity index (χ1n) is 7.63. The highest BCUT2D eigenvalue weighted by Gasteiger charge is 2.15. The lowest BCUT2D eigenvalue weighted by Crippen LogP contribution is -2.25. The van der Waals surface area contributed by atoms with E-state index in [4.69, 9.17) is 16.3 Å². The van der Waals surface area contributed by atoms with Gasteiger partial charge in [0.25, 0.3) is 0 Å². The van der Waals surface area contributed by atoms with E-state index in [1.54, 1.807) is 0 Å². The van der Waals surface area contributed by atoms with Crippen LogP contribution in [-0.4, -0.2) is 36.7 Å². The Morgan fingerprint density at radius 3 is 2.84 bits per heavy atom. The van der Waals surface area contributed by atoms with E-state index >= 15 is 0 Å². The molecule has 0 atom stereocenters. The normalized spacial score (nSPS) is 11.8. The quantitative estimate of drug-likeness (QED) is 0.635. The van der Waals surface area contributed by atoms with Crippen LogP contribution in [0.15, 0.2) is 47.5 Å². The summed E-state index contributed by atoms with van der Waals surface area (Å²) < 4.78 is 34.1. The smallest absolute Gasteiger partial charge is 0.240 e. The summed E-state index contributed by atoms with van der Waals surface area (Å²) in [6.45, 7) is 0.285. The molecule has 1 N–H and O–H groups in total. The zero-order valence-electron chi connectivity index (χ0n) is 13.5. The van der Waals surface area contributed by atoms with E-state index in [-0.39, 0.29) is 16.5 Å². The van der Waals surface area contributed by atoms with E-state index in [1.165, 1.54) is 25.3 Å². The van der Waals surface area contributed by atoms with E-state index in [2.05, 4.69) is 14.9 Å². The van der Waals surface area contributed by atoms with Crippen molar-refractivity contribution in [1.82, 2.24) is 19.3 Å².